The first-order chi connectivity index (χ1) is 15.4. The van der Waals surface area contributed by atoms with Gasteiger partial charge < -0.3 is 0 Å². The van der Waals surface area contributed by atoms with E-state index in [0.29, 0.717) is 0 Å². The molecule has 0 atom stereocenters. The molecule has 0 saturated carbocycles. The fraction of sp³-hybridized carbons (Fsp3) is 0.133. The zero-order chi connectivity index (χ0) is 22.3. The highest BCUT2D eigenvalue weighted by molar-refractivity contribution is 8.25. The minimum absolute atomic E-state index is 0.111. The third kappa shape index (κ3) is 3.51. The van der Waals surface area contributed by atoms with Crippen LogP contribution in [0.1, 0.15) is 26.3 Å². The lowest BCUT2D eigenvalue weighted by Crippen LogP contribution is -2.26. The summed E-state index contributed by atoms with van der Waals surface area (Å²) >= 11 is 6.80. The van der Waals surface area contributed by atoms with Gasteiger partial charge in [0.25, 0.3) is 0 Å². The Kier molecular flexibility index (Phi) is 5.28. The van der Waals surface area contributed by atoms with Crippen LogP contribution in [0.3, 0.4) is 0 Å². The normalized spacial score (nSPS) is 12.3. The van der Waals surface area contributed by atoms with Crippen LogP contribution < -0.4 is 15.9 Å². The maximum absolute atomic E-state index is 6.80. The predicted molar refractivity (Wildman–Crippen MR) is 146 cm³/mol. The second-order valence-electron chi connectivity index (χ2n) is 9.40. The summed E-state index contributed by atoms with van der Waals surface area (Å²) < 4.78 is 0. The predicted octanol–water partition coefficient (Wildman–Crippen LogP) is 7.05. The van der Waals surface area contributed by atoms with Crippen LogP contribution in [0.5, 0.6) is 0 Å². The summed E-state index contributed by atoms with van der Waals surface area (Å²) in [5.74, 6) is 0. The maximum Gasteiger partial charge on any atom is 0.0391 e. The van der Waals surface area contributed by atoms with E-state index in [1.807, 2.05) is 0 Å². The second kappa shape index (κ2) is 8.00. The average molecular weight is 451 g/mol. The van der Waals surface area contributed by atoms with Crippen LogP contribution in [0, 0.1) is 0 Å². The van der Waals surface area contributed by atoms with E-state index in [1.54, 1.807) is 0 Å². The summed E-state index contributed by atoms with van der Waals surface area (Å²) in [7, 11) is 0. The highest BCUT2D eigenvalue weighted by atomic mass is 32.4. The third-order valence-corrected chi connectivity index (χ3v) is 11.3. The Hall–Kier alpha value is -2.73. The SMILES string of the molecule is CC(C)(C)c1ccc(P(=S)(c2cccc3ccccc23)c2cccc3ccccc23)cc1. The monoisotopic (exact) mass is 450 g/mol. The standard InChI is InChI=1S/C30H27PS/c1-30(2,3)24-18-20-25(21-19-24)31(32,28-16-8-12-22-10-4-6-14-26(22)28)29-17-9-13-23-11-5-7-15-27(23)29/h4-21H,1-3H3. The lowest BCUT2D eigenvalue weighted by atomic mass is 9.87. The summed E-state index contributed by atoms with van der Waals surface area (Å²) in [4.78, 5) is 0. The van der Waals surface area contributed by atoms with Crippen molar-refractivity contribution in [3.63, 3.8) is 0 Å². The van der Waals surface area contributed by atoms with Gasteiger partial charge in [-0.25, -0.2) is 0 Å². The number of fused-ring (bicyclic) bond motifs is 2. The van der Waals surface area contributed by atoms with E-state index in [0.717, 1.165) is 0 Å². The summed E-state index contributed by atoms with van der Waals surface area (Å²) in [6.07, 6.45) is 0. The van der Waals surface area contributed by atoms with Crippen molar-refractivity contribution < 1.29 is 0 Å². The molecular weight excluding hydrogens is 423 g/mol. The van der Waals surface area contributed by atoms with E-state index in [9.17, 15) is 0 Å². The molecule has 0 aliphatic carbocycles. The van der Waals surface area contributed by atoms with Crippen molar-refractivity contribution in [2.75, 3.05) is 0 Å². The van der Waals surface area contributed by atoms with Crippen LogP contribution in [0.2, 0.25) is 0 Å². The molecule has 5 rings (SSSR count). The van der Waals surface area contributed by atoms with Gasteiger partial charge >= 0.3 is 0 Å². The quantitative estimate of drug-likeness (QED) is 0.266. The van der Waals surface area contributed by atoms with Crippen molar-refractivity contribution in [2.24, 2.45) is 0 Å². The van der Waals surface area contributed by atoms with Gasteiger partial charge in [-0.15, -0.1) is 0 Å². The van der Waals surface area contributed by atoms with Crippen molar-refractivity contribution in [1.82, 2.24) is 0 Å². The van der Waals surface area contributed by atoms with Crippen molar-refractivity contribution in [1.29, 1.82) is 0 Å². The van der Waals surface area contributed by atoms with E-state index in [2.05, 4.69) is 130 Å². The lowest BCUT2D eigenvalue weighted by Gasteiger charge is -2.28. The van der Waals surface area contributed by atoms with Gasteiger partial charge in [-0.2, -0.15) is 0 Å². The van der Waals surface area contributed by atoms with Gasteiger partial charge in [0.2, 0.25) is 0 Å². The summed E-state index contributed by atoms with van der Waals surface area (Å²) in [6.45, 7) is 6.77. The van der Waals surface area contributed by atoms with E-state index in [-0.39, 0.29) is 5.41 Å². The molecule has 32 heavy (non-hydrogen) atoms. The van der Waals surface area contributed by atoms with Crippen LogP contribution in [-0.4, -0.2) is 0 Å². The van der Waals surface area contributed by atoms with Crippen molar-refractivity contribution in [3.8, 4) is 0 Å². The Labute approximate surface area is 195 Å². The smallest absolute Gasteiger partial charge is 0.0391 e. The summed E-state index contributed by atoms with van der Waals surface area (Å²) in [5.41, 5.74) is 1.44. The van der Waals surface area contributed by atoms with Crippen molar-refractivity contribution >= 4 is 55.3 Å². The molecule has 0 aliphatic heterocycles. The lowest BCUT2D eigenvalue weighted by molar-refractivity contribution is 0.590. The molecule has 0 N–H and O–H groups in total. The van der Waals surface area contributed by atoms with E-state index in [1.165, 1.54) is 43.0 Å². The molecule has 2 heteroatoms. The van der Waals surface area contributed by atoms with Crippen molar-refractivity contribution in [3.05, 3.63) is 115 Å². The molecule has 0 amide bonds. The molecule has 158 valence electrons. The summed E-state index contributed by atoms with van der Waals surface area (Å²) in [5, 5.41) is 8.78. The first-order valence-corrected chi connectivity index (χ1v) is 13.9. The van der Waals surface area contributed by atoms with E-state index in [4.69, 9.17) is 11.8 Å². The second-order valence-corrected chi connectivity index (χ2v) is 13.7. The molecule has 0 bridgehead atoms. The first-order valence-electron chi connectivity index (χ1n) is 11.1. The molecule has 0 saturated heterocycles. The Balaban J connectivity index is 1.87. The van der Waals surface area contributed by atoms with Gasteiger partial charge in [-0.05, 0) is 37.8 Å². The fourth-order valence-electron chi connectivity index (χ4n) is 4.55. The van der Waals surface area contributed by atoms with Gasteiger partial charge in [0.1, 0.15) is 0 Å². The Morgan fingerprint density at radius 1 is 0.531 bits per heavy atom. The molecule has 0 spiro atoms. The molecule has 0 aromatic heterocycles. The number of hydrogen-bond acceptors (Lipinski definition) is 1. The van der Waals surface area contributed by atoms with E-state index < -0.39 is 6.04 Å². The summed E-state index contributed by atoms with van der Waals surface area (Å²) in [6, 6.07) is 37.3. The molecule has 5 aromatic carbocycles. The maximum atomic E-state index is 6.80. The van der Waals surface area contributed by atoms with Gasteiger partial charge in [0.15, 0.2) is 0 Å². The molecule has 0 radical (unpaired) electrons. The molecule has 0 aliphatic rings. The van der Waals surface area contributed by atoms with Crippen LogP contribution >= 0.6 is 6.04 Å². The molecule has 0 heterocycles. The van der Waals surface area contributed by atoms with Gasteiger partial charge in [-0.3, -0.25) is 0 Å². The fourth-order valence-corrected chi connectivity index (χ4v) is 8.93. The van der Waals surface area contributed by atoms with Crippen LogP contribution in [-0.2, 0) is 17.2 Å². The van der Waals surface area contributed by atoms with Gasteiger partial charge in [0, 0.05) is 16.6 Å². The number of benzene rings is 5. The van der Waals surface area contributed by atoms with Gasteiger partial charge in [-0.1, -0.05) is 142 Å². The highest BCUT2D eigenvalue weighted by Crippen LogP contribution is 2.46. The van der Waals surface area contributed by atoms with Crippen LogP contribution in [0.4, 0.5) is 0 Å². The van der Waals surface area contributed by atoms with Gasteiger partial charge in [0.05, 0.1) is 0 Å². The molecule has 5 aromatic rings. The zero-order valence-corrected chi connectivity index (χ0v) is 20.5. The topological polar surface area (TPSA) is 0 Å². The van der Waals surface area contributed by atoms with E-state index >= 15 is 0 Å². The molecule has 0 unspecified atom stereocenters. The van der Waals surface area contributed by atoms with Crippen LogP contribution in [0.15, 0.2) is 109 Å². The van der Waals surface area contributed by atoms with Crippen LogP contribution in [0.25, 0.3) is 21.5 Å². The minimum atomic E-state index is -2.31. The van der Waals surface area contributed by atoms with Crippen molar-refractivity contribution in [2.45, 2.75) is 26.2 Å². The Bertz CT molecular complexity index is 1380. The first kappa shape index (κ1) is 21.1. The minimum Gasteiger partial charge on any atom is -0.0826 e. The Morgan fingerprint density at radius 2 is 0.969 bits per heavy atom. The zero-order valence-electron chi connectivity index (χ0n) is 18.7. The highest BCUT2D eigenvalue weighted by Gasteiger charge is 2.28. The molecular formula is C30H27PS. The number of hydrogen-bond donors (Lipinski definition) is 0. The number of rotatable bonds is 3. The Morgan fingerprint density at radius 3 is 1.44 bits per heavy atom. The molecule has 0 nitrogen and oxygen atoms in total. The molecule has 0 fully saturated rings. The average Bonchev–Trinajstić information content (AvgIpc) is 2.82. The third-order valence-electron chi connectivity index (χ3n) is 6.31. The largest absolute Gasteiger partial charge is 0.0826 e.